The molecule has 0 bridgehead atoms. The van der Waals surface area contributed by atoms with Crippen molar-refractivity contribution in [3.8, 4) is 17.1 Å². The third-order valence-electron chi connectivity index (χ3n) is 3.52. The lowest BCUT2D eigenvalue weighted by Gasteiger charge is -2.03. The highest BCUT2D eigenvalue weighted by Gasteiger charge is 2.12. The number of H-pyrrole nitrogens is 1. The molecule has 26 heavy (non-hydrogen) atoms. The second kappa shape index (κ2) is 7.96. The molecule has 0 saturated carbocycles. The van der Waals surface area contributed by atoms with E-state index < -0.39 is 0 Å². The third-order valence-corrected chi connectivity index (χ3v) is 3.98. The number of aromatic amines is 1. The Morgan fingerprint density at radius 1 is 1.35 bits per heavy atom. The van der Waals surface area contributed by atoms with Crippen LogP contribution < -0.4 is 15.6 Å². The molecule has 0 radical (unpaired) electrons. The van der Waals surface area contributed by atoms with Crippen LogP contribution in [0, 0.1) is 0 Å². The van der Waals surface area contributed by atoms with Crippen molar-refractivity contribution >= 4 is 27.5 Å². The van der Waals surface area contributed by atoms with Crippen molar-refractivity contribution in [3.63, 3.8) is 0 Å². The van der Waals surface area contributed by atoms with E-state index in [-0.39, 0.29) is 30.0 Å². The number of nitrogens with zero attached hydrogens (tertiary/aromatic N) is 2. The second-order valence-electron chi connectivity index (χ2n) is 5.35. The lowest BCUT2D eigenvalue weighted by molar-refractivity contribution is -0.116. The van der Waals surface area contributed by atoms with Crippen LogP contribution in [0.4, 0.5) is 5.69 Å². The topological polar surface area (TPSA) is 110 Å². The lowest BCUT2D eigenvalue weighted by atomic mass is 10.2. The second-order valence-corrected chi connectivity index (χ2v) is 6.26. The highest BCUT2D eigenvalue weighted by Crippen LogP contribution is 2.20. The van der Waals surface area contributed by atoms with Gasteiger partial charge >= 0.3 is 0 Å². The van der Waals surface area contributed by atoms with Crippen LogP contribution in [0.1, 0.15) is 12.3 Å². The number of hydrogen-bond acceptors (Lipinski definition) is 6. The Hall–Kier alpha value is -2.94. The van der Waals surface area contributed by atoms with E-state index in [1.807, 2.05) is 12.1 Å². The molecule has 0 fully saturated rings. The van der Waals surface area contributed by atoms with Gasteiger partial charge in [-0.25, -0.2) is 0 Å². The molecular formula is C17H15BrN4O4. The molecule has 0 aliphatic carbocycles. The number of benzene rings is 1. The molecule has 0 aliphatic heterocycles. The first-order valence-electron chi connectivity index (χ1n) is 7.70. The van der Waals surface area contributed by atoms with Gasteiger partial charge in [-0.15, -0.1) is 0 Å². The lowest BCUT2D eigenvalue weighted by Crippen LogP contribution is -2.19. The summed E-state index contributed by atoms with van der Waals surface area (Å²) in [5.74, 6) is 1.19. The third kappa shape index (κ3) is 4.37. The molecule has 0 saturated heterocycles. The number of amides is 1. The molecule has 8 nitrogen and oxygen atoms in total. The fourth-order valence-corrected chi connectivity index (χ4v) is 2.54. The average Bonchev–Trinajstić information content (AvgIpc) is 3.12. The minimum Gasteiger partial charge on any atom is -0.497 e. The van der Waals surface area contributed by atoms with Gasteiger partial charge in [0.25, 0.3) is 5.56 Å². The van der Waals surface area contributed by atoms with Gasteiger partial charge in [0.1, 0.15) is 11.4 Å². The molecule has 2 heterocycles. The number of nitrogens with one attached hydrogen (secondary N) is 2. The number of aromatic nitrogens is 3. The van der Waals surface area contributed by atoms with Crippen molar-refractivity contribution in [3.05, 3.63) is 57.2 Å². The van der Waals surface area contributed by atoms with Crippen LogP contribution in [0.25, 0.3) is 11.4 Å². The van der Waals surface area contributed by atoms with Crippen molar-refractivity contribution in [2.24, 2.45) is 0 Å². The van der Waals surface area contributed by atoms with Crippen LogP contribution in [0.15, 0.2) is 50.3 Å². The molecule has 1 amide bonds. The molecule has 9 heteroatoms. The molecular weight excluding hydrogens is 404 g/mol. The molecule has 134 valence electrons. The first kappa shape index (κ1) is 17.9. The van der Waals surface area contributed by atoms with Gasteiger partial charge in [0.15, 0.2) is 0 Å². The Balaban J connectivity index is 1.59. The highest BCUT2D eigenvalue weighted by molar-refractivity contribution is 9.10. The number of pyridine rings is 1. The van der Waals surface area contributed by atoms with E-state index in [1.54, 1.807) is 19.2 Å². The van der Waals surface area contributed by atoms with Gasteiger partial charge in [0.2, 0.25) is 17.6 Å². The molecule has 2 aromatic heterocycles. The number of anilines is 1. The maximum Gasteiger partial charge on any atom is 0.271 e. The minimum absolute atomic E-state index is 0.107. The van der Waals surface area contributed by atoms with Gasteiger partial charge in [-0.3, -0.25) is 9.59 Å². The summed E-state index contributed by atoms with van der Waals surface area (Å²) in [6, 6.07) is 8.77. The fourth-order valence-electron chi connectivity index (χ4n) is 2.20. The van der Waals surface area contributed by atoms with Gasteiger partial charge in [-0.05, 0) is 46.3 Å². The fraction of sp³-hybridized carbons (Fsp3) is 0.176. The predicted octanol–water partition coefficient (Wildman–Crippen LogP) is 2.77. The Morgan fingerprint density at radius 3 is 2.85 bits per heavy atom. The number of aryl methyl sites for hydroxylation is 1. The number of methoxy groups -OCH3 is 1. The number of halogens is 1. The largest absolute Gasteiger partial charge is 0.497 e. The minimum atomic E-state index is -0.374. The summed E-state index contributed by atoms with van der Waals surface area (Å²) < 4.78 is 10.9. The maximum atomic E-state index is 12.0. The van der Waals surface area contributed by atoms with Gasteiger partial charge < -0.3 is 19.6 Å². The number of carbonyl (C=O) groups excluding carboxylic acids is 1. The van der Waals surface area contributed by atoms with Crippen molar-refractivity contribution in [1.82, 2.24) is 15.1 Å². The SMILES string of the molecule is COc1ccc(-c2noc(CCC(=O)Nc3cc(Br)c[nH]c3=O)n2)cc1. The Morgan fingerprint density at radius 2 is 2.12 bits per heavy atom. The number of ether oxygens (including phenoxy) is 1. The van der Waals surface area contributed by atoms with Crippen molar-refractivity contribution < 1.29 is 14.1 Å². The van der Waals surface area contributed by atoms with E-state index in [9.17, 15) is 9.59 Å². The molecule has 3 rings (SSSR count). The van der Waals surface area contributed by atoms with Crippen molar-refractivity contribution in [1.29, 1.82) is 0 Å². The monoisotopic (exact) mass is 418 g/mol. The van der Waals surface area contributed by atoms with Gasteiger partial charge in [-0.2, -0.15) is 4.98 Å². The van der Waals surface area contributed by atoms with Crippen molar-refractivity contribution in [2.75, 3.05) is 12.4 Å². The molecule has 0 unspecified atom stereocenters. The highest BCUT2D eigenvalue weighted by atomic mass is 79.9. The summed E-state index contributed by atoms with van der Waals surface area (Å²) in [6.07, 6.45) is 1.87. The van der Waals surface area contributed by atoms with Gasteiger partial charge in [0, 0.05) is 29.1 Å². The van der Waals surface area contributed by atoms with Gasteiger partial charge in [-0.1, -0.05) is 5.16 Å². The van der Waals surface area contributed by atoms with Crippen LogP contribution in [-0.2, 0) is 11.2 Å². The zero-order chi connectivity index (χ0) is 18.5. The average molecular weight is 419 g/mol. The van der Waals surface area contributed by atoms with Crippen molar-refractivity contribution in [2.45, 2.75) is 12.8 Å². The quantitative estimate of drug-likeness (QED) is 0.636. The Labute approximate surface area is 156 Å². The first-order chi connectivity index (χ1) is 12.5. The normalized spacial score (nSPS) is 10.5. The molecule has 2 N–H and O–H groups in total. The summed E-state index contributed by atoms with van der Waals surface area (Å²) in [5, 5.41) is 6.47. The van der Waals surface area contributed by atoms with Crippen LogP contribution in [0.5, 0.6) is 5.75 Å². The molecule has 0 aliphatic rings. The molecule has 0 spiro atoms. The van der Waals surface area contributed by atoms with Crippen LogP contribution in [-0.4, -0.2) is 28.1 Å². The Kier molecular flexibility index (Phi) is 5.47. The molecule has 3 aromatic rings. The zero-order valence-electron chi connectivity index (χ0n) is 13.8. The van der Waals surface area contributed by atoms with Crippen LogP contribution >= 0.6 is 15.9 Å². The van der Waals surface area contributed by atoms with E-state index in [1.165, 1.54) is 12.3 Å². The first-order valence-corrected chi connectivity index (χ1v) is 8.49. The summed E-state index contributed by atoms with van der Waals surface area (Å²) in [4.78, 5) is 30.4. The maximum absolute atomic E-state index is 12.0. The van der Waals surface area contributed by atoms with Gasteiger partial charge in [0.05, 0.1) is 7.11 Å². The van der Waals surface area contributed by atoms with E-state index in [0.29, 0.717) is 16.2 Å². The van der Waals surface area contributed by atoms with E-state index in [0.717, 1.165) is 11.3 Å². The molecule has 0 atom stereocenters. The van der Waals surface area contributed by atoms with E-state index in [2.05, 4.69) is 36.4 Å². The number of rotatable bonds is 6. The standard InChI is InChI=1S/C17H15BrN4O4/c1-25-12-4-2-10(3-5-12)16-21-15(26-22-16)7-6-14(23)20-13-8-11(18)9-19-17(13)24/h2-5,8-9H,6-7H2,1H3,(H,19,24)(H,20,23). The Bertz CT molecular complexity index is 965. The van der Waals surface area contributed by atoms with E-state index in [4.69, 9.17) is 9.26 Å². The summed E-state index contributed by atoms with van der Waals surface area (Å²) in [7, 11) is 1.59. The van der Waals surface area contributed by atoms with E-state index >= 15 is 0 Å². The number of hydrogen-bond donors (Lipinski definition) is 2. The summed E-state index contributed by atoms with van der Waals surface area (Å²) >= 11 is 3.23. The smallest absolute Gasteiger partial charge is 0.271 e. The summed E-state index contributed by atoms with van der Waals surface area (Å²) in [5.41, 5.74) is 0.584. The number of carbonyl (C=O) groups is 1. The molecule has 1 aromatic carbocycles. The predicted molar refractivity (Wildman–Crippen MR) is 98.0 cm³/mol. The zero-order valence-corrected chi connectivity index (χ0v) is 15.4. The van der Waals surface area contributed by atoms with Crippen LogP contribution in [0.3, 0.4) is 0 Å². The van der Waals surface area contributed by atoms with Crippen LogP contribution in [0.2, 0.25) is 0 Å². The summed E-state index contributed by atoms with van der Waals surface area (Å²) in [6.45, 7) is 0.